The second kappa shape index (κ2) is 7.20. The number of hydrogen-bond donors (Lipinski definition) is 2. The van der Waals surface area contributed by atoms with Crippen molar-refractivity contribution in [3.63, 3.8) is 0 Å². The van der Waals surface area contributed by atoms with E-state index >= 15 is 0 Å². The van der Waals surface area contributed by atoms with Gasteiger partial charge in [-0.15, -0.1) is 0 Å². The van der Waals surface area contributed by atoms with E-state index in [-0.39, 0.29) is 22.9 Å². The van der Waals surface area contributed by atoms with Crippen LogP contribution in [0.5, 0.6) is 0 Å². The summed E-state index contributed by atoms with van der Waals surface area (Å²) >= 11 is 0. The number of allylic oxidation sites excluding steroid dienone is 2. The molecule has 4 nitrogen and oxygen atoms in total. The molecule has 0 bridgehead atoms. The number of hydrogen-bond acceptors (Lipinski definition) is 4. The monoisotopic (exact) mass is 409 g/mol. The minimum atomic E-state index is -0.439. The van der Waals surface area contributed by atoms with E-state index in [1.54, 1.807) is 7.11 Å². The Labute approximate surface area is 180 Å². The molecule has 4 aliphatic rings. The zero-order chi connectivity index (χ0) is 21.1. The minimum absolute atomic E-state index is 0.0341. The summed E-state index contributed by atoms with van der Waals surface area (Å²) in [6.45, 7) is 4.70. The molecule has 2 fully saturated rings. The van der Waals surface area contributed by atoms with E-state index in [4.69, 9.17) is 4.74 Å². The molecule has 0 aliphatic heterocycles. The average Bonchev–Trinajstić information content (AvgIpc) is 3.10. The lowest BCUT2D eigenvalue weighted by Gasteiger charge is -2.59. The molecule has 1 heterocycles. The van der Waals surface area contributed by atoms with Crippen molar-refractivity contribution in [3.8, 4) is 0 Å². The standard InChI is InChI=1S/C26H35NO3/c1-4-26-10-8-19-23(21(29)13-17-12-18(28)7-9-25(17,19)2)20(26)14-22(30-3)24(26)16-6-5-11-27-15-16/h5-6,11,13,15,18-21,23,28-29H,4,7-10,12,14H2,1-3H3/t18-,19-,20-,21-,23+,25-,26-/m0/s1. The van der Waals surface area contributed by atoms with Crippen LogP contribution in [-0.4, -0.2) is 34.5 Å². The average molecular weight is 410 g/mol. The summed E-state index contributed by atoms with van der Waals surface area (Å²) in [6, 6.07) is 4.17. The number of methoxy groups -OCH3 is 1. The topological polar surface area (TPSA) is 62.6 Å². The van der Waals surface area contributed by atoms with Gasteiger partial charge in [-0.3, -0.25) is 4.98 Å². The van der Waals surface area contributed by atoms with Gasteiger partial charge in [0.2, 0.25) is 0 Å². The predicted molar refractivity (Wildman–Crippen MR) is 117 cm³/mol. The van der Waals surface area contributed by atoms with E-state index < -0.39 is 6.10 Å². The number of fused-ring (bicyclic) bond motifs is 5. The number of ether oxygens (including phenoxy) is 1. The van der Waals surface area contributed by atoms with Crippen molar-refractivity contribution in [2.45, 2.75) is 71.0 Å². The smallest absolute Gasteiger partial charge is 0.100 e. The maximum atomic E-state index is 11.4. The summed E-state index contributed by atoms with van der Waals surface area (Å²) in [4.78, 5) is 4.40. The van der Waals surface area contributed by atoms with Crippen molar-refractivity contribution < 1.29 is 14.9 Å². The molecule has 0 unspecified atom stereocenters. The van der Waals surface area contributed by atoms with Gasteiger partial charge in [0.15, 0.2) is 0 Å². The first kappa shape index (κ1) is 20.3. The Morgan fingerprint density at radius 2 is 2.00 bits per heavy atom. The molecule has 0 saturated heterocycles. The van der Waals surface area contributed by atoms with Crippen molar-refractivity contribution in [1.82, 2.24) is 4.98 Å². The zero-order valence-electron chi connectivity index (χ0n) is 18.5. The van der Waals surface area contributed by atoms with Crippen molar-refractivity contribution >= 4 is 5.57 Å². The van der Waals surface area contributed by atoms with Gasteiger partial charge in [-0.05, 0) is 73.3 Å². The summed E-state index contributed by atoms with van der Waals surface area (Å²) in [5.41, 5.74) is 3.94. The fraction of sp³-hybridized carbons (Fsp3) is 0.654. The van der Waals surface area contributed by atoms with E-state index in [0.29, 0.717) is 11.8 Å². The van der Waals surface area contributed by atoms with Gasteiger partial charge in [0, 0.05) is 29.8 Å². The van der Waals surface area contributed by atoms with Crippen molar-refractivity contribution in [3.05, 3.63) is 47.5 Å². The Hall–Kier alpha value is -1.65. The number of aliphatic hydroxyl groups is 2. The summed E-state index contributed by atoms with van der Waals surface area (Å²) in [7, 11) is 1.79. The maximum absolute atomic E-state index is 11.4. The van der Waals surface area contributed by atoms with Crippen LogP contribution in [-0.2, 0) is 4.74 Å². The molecule has 2 saturated carbocycles. The maximum Gasteiger partial charge on any atom is 0.100 e. The van der Waals surface area contributed by atoms with E-state index in [0.717, 1.165) is 50.7 Å². The SMILES string of the molecule is CC[C@]12CC[C@H]3[C@@H]([C@@H](O)C=C4C[C@@H](O)CC[C@@]43C)[C@@H]1CC(OC)=C2c1cccnc1. The van der Waals surface area contributed by atoms with Crippen LogP contribution in [0.2, 0.25) is 0 Å². The largest absolute Gasteiger partial charge is 0.501 e. The van der Waals surface area contributed by atoms with Gasteiger partial charge in [-0.2, -0.15) is 0 Å². The van der Waals surface area contributed by atoms with E-state index in [2.05, 4.69) is 31.0 Å². The highest BCUT2D eigenvalue weighted by Crippen LogP contribution is 2.68. The summed E-state index contributed by atoms with van der Waals surface area (Å²) in [5.74, 6) is 2.17. The Morgan fingerprint density at radius 3 is 2.70 bits per heavy atom. The molecule has 2 N–H and O–H groups in total. The van der Waals surface area contributed by atoms with Gasteiger partial charge in [-0.1, -0.05) is 31.6 Å². The van der Waals surface area contributed by atoms with Gasteiger partial charge in [0.1, 0.15) is 5.76 Å². The van der Waals surface area contributed by atoms with Crippen molar-refractivity contribution in [1.29, 1.82) is 0 Å². The molecule has 4 aliphatic carbocycles. The van der Waals surface area contributed by atoms with E-state index in [9.17, 15) is 10.2 Å². The lowest BCUT2D eigenvalue weighted by molar-refractivity contribution is -0.0793. The number of aliphatic hydroxyl groups excluding tert-OH is 2. The summed E-state index contributed by atoms with van der Waals surface area (Å²) in [6.07, 6.45) is 12.1. The molecule has 7 atom stereocenters. The van der Waals surface area contributed by atoms with Gasteiger partial charge in [-0.25, -0.2) is 0 Å². The number of nitrogens with zero attached hydrogens (tertiary/aromatic N) is 1. The van der Waals surface area contributed by atoms with Crippen LogP contribution in [0.15, 0.2) is 41.9 Å². The molecular formula is C26H35NO3. The molecule has 0 radical (unpaired) electrons. The Bertz CT molecular complexity index is 878. The van der Waals surface area contributed by atoms with Crippen LogP contribution >= 0.6 is 0 Å². The molecule has 1 aromatic rings. The normalized spacial score (nSPS) is 42.8. The first-order valence-corrected chi connectivity index (χ1v) is 11.7. The molecule has 5 rings (SSSR count). The van der Waals surface area contributed by atoms with Gasteiger partial charge in [0.25, 0.3) is 0 Å². The molecular weight excluding hydrogens is 374 g/mol. The molecule has 30 heavy (non-hydrogen) atoms. The highest BCUT2D eigenvalue weighted by molar-refractivity contribution is 5.75. The molecule has 4 heteroatoms. The fourth-order valence-corrected chi connectivity index (χ4v) is 7.86. The summed E-state index contributed by atoms with van der Waals surface area (Å²) < 4.78 is 5.98. The molecule has 162 valence electrons. The Morgan fingerprint density at radius 1 is 1.17 bits per heavy atom. The lowest BCUT2D eigenvalue weighted by atomic mass is 9.46. The number of aromatic nitrogens is 1. The zero-order valence-corrected chi connectivity index (χ0v) is 18.5. The number of rotatable bonds is 3. The van der Waals surface area contributed by atoms with E-state index in [1.807, 2.05) is 18.5 Å². The second-order valence-corrected chi connectivity index (χ2v) is 10.3. The van der Waals surface area contributed by atoms with Crippen molar-refractivity contribution in [2.75, 3.05) is 7.11 Å². The van der Waals surface area contributed by atoms with Crippen LogP contribution in [0.25, 0.3) is 5.57 Å². The molecule has 0 amide bonds. The van der Waals surface area contributed by atoms with Crippen molar-refractivity contribution in [2.24, 2.45) is 28.6 Å². The van der Waals surface area contributed by atoms with Gasteiger partial charge < -0.3 is 14.9 Å². The van der Waals surface area contributed by atoms with Gasteiger partial charge in [0.05, 0.1) is 19.3 Å². The molecule has 0 aromatic carbocycles. The fourth-order valence-electron chi connectivity index (χ4n) is 7.86. The minimum Gasteiger partial charge on any atom is -0.501 e. The molecule has 1 aromatic heterocycles. The third-order valence-electron chi connectivity index (χ3n) is 9.32. The predicted octanol–water partition coefficient (Wildman–Crippen LogP) is 4.73. The highest BCUT2D eigenvalue weighted by Gasteiger charge is 2.61. The molecule has 0 spiro atoms. The van der Waals surface area contributed by atoms with Crippen LogP contribution < -0.4 is 0 Å². The van der Waals surface area contributed by atoms with Gasteiger partial charge >= 0.3 is 0 Å². The second-order valence-electron chi connectivity index (χ2n) is 10.3. The highest BCUT2D eigenvalue weighted by atomic mass is 16.5. The van der Waals surface area contributed by atoms with Crippen LogP contribution in [0.1, 0.15) is 64.4 Å². The number of pyridine rings is 1. The lowest BCUT2D eigenvalue weighted by Crippen LogP contribution is -2.54. The third kappa shape index (κ3) is 2.69. The Kier molecular flexibility index (Phi) is 4.86. The van der Waals surface area contributed by atoms with Crippen LogP contribution in [0.3, 0.4) is 0 Å². The quantitative estimate of drug-likeness (QED) is 0.708. The Balaban J connectivity index is 1.59. The first-order chi connectivity index (χ1) is 14.4. The van der Waals surface area contributed by atoms with Crippen LogP contribution in [0.4, 0.5) is 0 Å². The van der Waals surface area contributed by atoms with E-state index in [1.165, 1.54) is 16.7 Å². The first-order valence-electron chi connectivity index (χ1n) is 11.7. The van der Waals surface area contributed by atoms with Crippen LogP contribution in [0, 0.1) is 28.6 Å². The summed E-state index contributed by atoms with van der Waals surface area (Å²) in [5, 5.41) is 21.6. The third-order valence-corrected chi connectivity index (χ3v) is 9.32.